The first-order valence-corrected chi connectivity index (χ1v) is 7.81. The molecule has 0 saturated heterocycles. The molecule has 0 fully saturated rings. The second-order valence-corrected chi connectivity index (χ2v) is 6.51. The van der Waals surface area contributed by atoms with E-state index in [4.69, 9.17) is 11.6 Å². The maximum Gasteiger partial charge on any atom is 0.0737 e. The van der Waals surface area contributed by atoms with Crippen molar-refractivity contribution in [1.82, 2.24) is 4.98 Å². The maximum atomic E-state index is 6.03. The Kier molecular flexibility index (Phi) is 5.06. The van der Waals surface area contributed by atoms with Crippen LogP contribution in [0.4, 0.5) is 5.69 Å². The molecule has 0 bridgehead atoms. The highest BCUT2D eigenvalue weighted by Crippen LogP contribution is 2.30. The molecule has 1 aromatic heterocycles. The summed E-state index contributed by atoms with van der Waals surface area (Å²) in [6.45, 7) is 0.618. The van der Waals surface area contributed by atoms with Crippen molar-refractivity contribution in [2.75, 3.05) is 5.32 Å². The fourth-order valence-electron chi connectivity index (χ4n) is 1.39. The smallest absolute Gasteiger partial charge is 0.0737 e. The molecule has 6 heteroatoms. The molecule has 0 aliphatic rings. The molecule has 1 aromatic carbocycles. The first-order valence-electron chi connectivity index (χ1n) is 5.05. The molecular weight excluding hydrogens is 447 g/mol. The zero-order chi connectivity index (χ0) is 13.1. The van der Waals surface area contributed by atoms with E-state index in [0.717, 1.165) is 24.8 Å². The van der Waals surface area contributed by atoms with Crippen LogP contribution in [0.15, 0.2) is 43.9 Å². The Morgan fingerprint density at radius 2 is 2.00 bits per heavy atom. The molecule has 18 heavy (non-hydrogen) atoms. The molecule has 0 aliphatic carbocycles. The summed E-state index contributed by atoms with van der Waals surface area (Å²) >= 11 is 16.3. The highest BCUT2D eigenvalue weighted by Gasteiger charge is 2.06. The van der Waals surface area contributed by atoms with Gasteiger partial charge in [0.15, 0.2) is 0 Å². The van der Waals surface area contributed by atoms with Gasteiger partial charge in [-0.05, 0) is 66.0 Å². The summed E-state index contributed by atoms with van der Waals surface area (Å²) in [5, 5.41) is 3.97. The third-order valence-corrected chi connectivity index (χ3v) is 4.80. The number of nitrogens with zero attached hydrogens (tertiary/aromatic N) is 1. The summed E-state index contributed by atoms with van der Waals surface area (Å²) in [5.41, 5.74) is 1.88. The lowest BCUT2D eigenvalue weighted by Gasteiger charge is -2.10. The van der Waals surface area contributed by atoms with Crippen LogP contribution >= 0.6 is 59.4 Å². The van der Waals surface area contributed by atoms with E-state index in [1.54, 1.807) is 6.20 Å². The third kappa shape index (κ3) is 3.47. The van der Waals surface area contributed by atoms with Crippen molar-refractivity contribution in [1.29, 1.82) is 0 Å². The van der Waals surface area contributed by atoms with Gasteiger partial charge in [-0.15, -0.1) is 0 Å². The molecule has 1 N–H and O–H groups in total. The zero-order valence-corrected chi connectivity index (χ0v) is 14.6. The van der Waals surface area contributed by atoms with E-state index in [0.29, 0.717) is 11.6 Å². The second-order valence-electron chi connectivity index (χ2n) is 3.54. The van der Waals surface area contributed by atoms with Crippen LogP contribution in [-0.2, 0) is 6.54 Å². The van der Waals surface area contributed by atoms with Gasteiger partial charge in [0, 0.05) is 15.1 Å². The van der Waals surface area contributed by atoms with Gasteiger partial charge in [-0.1, -0.05) is 17.7 Å². The van der Waals surface area contributed by atoms with Crippen LogP contribution in [0, 0.1) is 0 Å². The lowest BCUT2D eigenvalue weighted by molar-refractivity contribution is 1.03. The molecule has 0 radical (unpaired) electrons. The molecule has 0 amide bonds. The van der Waals surface area contributed by atoms with Crippen molar-refractivity contribution >= 4 is 65.1 Å². The minimum Gasteiger partial charge on any atom is -0.378 e. The van der Waals surface area contributed by atoms with Gasteiger partial charge < -0.3 is 5.32 Å². The normalized spacial score (nSPS) is 10.4. The Labute approximate surface area is 136 Å². The molecular formula is C12H8Br3ClN2. The van der Waals surface area contributed by atoms with Gasteiger partial charge in [0.1, 0.15) is 0 Å². The SMILES string of the molecule is Clc1cccc(NCc2ncc(Br)cc2Br)c1Br. The molecule has 0 aliphatic heterocycles. The molecule has 94 valence electrons. The van der Waals surface area contributed by atoms with Crippen molar-refractivity contribution in [2.45, 2.75) is 6.54 Å². The van der Waals surface area contributed by atoms with E-state index < -0.39 is 0 Å². The number of rotatable bonds is 3. The number of pyridine rings is 1. The van der Waals surface area contributed by atoms with Crippen molar-refractivity contribution in [3.63, 3.8) is 0 Å². The van der Waals surface area contributed by atoms with E-state index in [9.17, 15) is 0 Å². The summed E-state index contributed by atoms with van der Waals surface area (Å²) < 4.78 is 2.77. The van der Waals surface area contributed by atoms with Crippen molar-refractivity contribution in [3.8, 4) is 0 Å². The van der Waals surface area contributed by atoms with Crippen LogP contribution in [-0.4, -0.2) is 4.98 Å². The maximum absolute atomic E-state index is 6.03. The first kappa shape index (κ1) is 14.3. The predicted molar refractivity (Wildman–Crippen MR) is 86.1 cm³/mol. The molecule has 2 aromatic rings. The summed E-state index contributed by atoms with van der Waals surface area (Å²) in [4.78, 5) is 4.34. The number of aromatic nitrogens is 1. The van der Waals surface area contributed by atoms with Crippen molar-refractivity contribution < 1.29 is 0 Å². The first-order chi connectivity index (χ1) is 8.58. The number of anilines is 1. The van der Waals surface area contributed by atoms with Gasteiger partial charge in [0.05, 0.1) is 27.4 Å². The molecule has 0 unspecified atom stereocenters. The van der Waals surface area contributed by atoms with Crippen molar-refractivity contribution in [3.05, 3.63) is 54.6 Å². The molecule has 1 heterocycles. The molecule has 2 nitrogen and oxygen atoms in total. The second kappa shape index (κ2) is 6.37. The number of benzene rings is 1. The van der Waals surface area contributed by atoms with E-state index in [2.05, 4.69) is 58.1 Å². The highest BCUT2D eigenvalue weighted by molar-refractivity contribution is 9.11. The number of nitrogens with one attached hydrogen (secondary N) is 1. The average molecular weight is 455 g/mol. The third-order valence-electron chi connectivity index (χ3n) is 2.28. The van der Waals surface area contributed by atoms with E-state index >= 15 is 0 Å². The van der Waals surface area contributed by atoms with Crippen LogP contribution in [0.5, 0.6) is 0 Å². The van der Waals surface area contributed by atoms with Crippen LogP contribution in [0.2, 0.25) is 5.02 Å². The van der Waals surface area contributed by atoms with Gasteiger partial charge in [-0.2, -0.15) is 0 Å². The molecule has 0 atom stereocenters. The minimum atomic E-state index is 0.618. The van der Waals surface area contributed by atoms with Crippen molar-refractivity contribution in [2.24, 2.45) is 0 Å². The summed E-state index contributed by atoms with van der Waals surface area (Å²) in [5.74, 6) is 0. The van der Waals surface area contributed by atoms with Gasteiger partial charge in [0.2, 0.25) is 0 Å². The highest BCUT2D eigenvalue weighted by atomic mass is 79.9. The van der Waals surface area contributed by atoms with Gasteiger partial charge in [0.25, 0.3) is 0 Å². The zero-order valence-electron chi connectivity index (χ0n) is 9.05. The van der Waals surface area contributed by atoms with Crippen LogP contribution < -0.4 is 5.32 Å². The fourth-order valence-corrected chi connectivity index (χ4v) is 3.10. The Balaban J connectivity index is 2.14. The summed E-state index contributed by atoms with van der Waals surface area (Å²) in [6.07, 6.45) is 1.77. The topological polar surface area (TPSA) is 24.9 Å². The summed E-state index contributed by atoms with van der Waals surface area (Å²) in [6, 6.07) is 7.67. The summed E-state index contributed by atoms with van der Waals surface area (Å²) in [7, 11) is 0. The quantitative estimate of drug-likeness (QED) is 0.649. The Morgan fingerprint density at radius 1 is 1.22 bits per heavy atom. The number of hydrogen-bond donors (Lipinski definition) is 1. The monoisotopic (exact) mass is 452 g/mol. The Hall–Kier alpha value is -0.100. The van der Waals surface area contributed by atoms with E-state index in [1.165, 1.54) is 0 Å². The fraction of sp³-hybridized carbons (Fsp3) is 0.0833. The van der Waals surface area contributed by atoms with Gasteiger partial charge in [-0.3, -0.25) is 4.98 Å². The van der Waals surface area contributed by atoms with Crippen LogP contribution in [0.25, 0.3) is 0 Å². The lowest BCUT2D eigenvalue weighted by Crippen LogP contribution is -2.03. The largest absolute Gasteiger partial charge is 0.378 e. The van der Waals surface area contributed by atoms with Gasteiger partial charge >= 0.3 is 0 Å². The molecule has 0 saturated carbocycles. The van der Waals surface area contributed by atoms with E-state index in [1.807, 2.05) is 24.3 Å². The number of hydrogen-bond acceptors (Lipinski definition) is 2. The molecule has 2 rings (SSSR count). The van der Waals surface area contributed by atoms with Crippen LogP contribution in [0.3, 0.4) is 0 Å². The average Bonchev–Trinajstić information content (AvgIpc) is 2.33. The minimum absolute atomic E-state index is 0.618. The molecule has 0 spiro atoms. The lowest BCUT2D eigenvalue weighted by atomic mass is 10.3. The van der Waals surface area contributed by atoms with Crippen LogP contribution in [0.1, 0.15) is 5.69 Å². The van der Waals surface area contributed by atoms with Gasteiger partial charge in [-0.25, -0.2) is 0 Å². The number of halogens is 4. The Bertz CT molecular complexity index is 575. The standard InChI is InChI=1S/C12H8Br3ClN2/c13-7-4-8(14)11(17-5-7)6-18-10-3-1-2-9(16)12(10)15/h1-5,18H,6H2. The Morgan fingerprint density at radius 3 is 2.72 bits per heavy atom. The van der Waals surface area contributed by atoms with E-state index in [-0.39, 0.29) is 0 Å². The predicted octanol–water partition coefficient (Wildman–Crippen LogP) is 5.63.